The highest BCUT2D eigenvalue weighted by Gasteiger charge is 2.41. The summed E-state index contributed by atoms with van der Waals surface area (Å²) in [5.41, 5.74) is -0.316. The molecule has 2 aromatic carbocycles. The average Bonchev–Trinajstić information content (AvgIpc) is 3.28. The van der Waals surface area contributed by atoms with Gasteiger partial charge >= 0.3 is 0 Å². The summed E-state index contributed by atoms with van der Waals surface area (Å²) in [6.07, 6.45) is 0. The van der Waals surface area contributed by atoms with Crippen LogP contribution in [0.2, 0.25) is 0 Å². The van der Waals surface area contributed by atoms with Gasteiger partial charge in [0.1, 0.15) is 5.70 Å². The first-order valence-corrected chi connectivity index (χ1v) is 9.09. The van der Waals surface area contributed by atoms with Crippen LogP contribution in [-0.2, 0) is 9.59 Å². The monoisotopic (exact) mass is 418 g/mol. The van der Waals surface area contributed by atoms with E-state index in [0.29, 0.717) is 9.78 Å². The third-order valence-corrected chi connectivity index (χ3v) is 5.09. The van der Waals surface area contributed by atoms with Crippen molar-refractivity contribution in [1.29, 1.82) is 0 Å². The quantitative estimate of drug-likeness (QED) is 0.494. The van der Waals surface area contributed by atoms with E-state index in [-0.39, 0.29) is 22.6 Å². The van der Waals surface area contributed by atoms with E-state index in [9.17, 15) is 27.2 Å². The Morgan fingerprint density at radius 1 is 0.793 bits per heavy atom. The number of hydrogen-bond acceptors (Lipinski definition) is 4. The maximum absolute atomic E-state index is 13.7. The summed E-state index contributed by atoms with van der Waals surface area (Å²) in [6, 6.07) is 8.82. The van der Waals surface area contributed by atoms with E-state index in [1.54, 1.807) is 17.5 Å². The number of anilines is 2. The van der Waals surface area contributed by atoms with E-state index in [1.807, 2.05) is 0 Å². The Morgan fingerprint density at radius 3 is 2.10 bits per heavy atom. The number of benzene rings is 2. The van der Waals surface area contributed by atoms with Gasteiger partial charge in [-0.05, 0) is 35.7 Å². The lowest BCUT2D eigenvalue weighted by molar-refractivity contribution is -0.120. The number of imide groups is 1. The Morgan fingerprint density at radius 2 is 1.48 bits per heavy atom. The number of hydrogen-bond donors (Lipinski definition) is 1. The molecule has 4 rings (SSSR count). The first kappa shape index (κ1) is 18.9. The van der Waals surface area contributed by atoms with Crippen LogP contribution in [0.1, 0.15) is 4.88 Å². The lowest BCUT2D eigenvalue weighted by Crippen LogP contribution is -2.32. The SMILES string of the molecule is O=C1C(Nc2ccc(F)c(F)c2)=C(c2cccs2)C(=O)N1c1ccc(F)c(F)c1. The van der Waals surface area contributed by atoms with Crippen LogP contribution in [0.25, 0.3) is 5.57 Å². The van der Waals surface area contributed by atoms with Gasteiger partial charge in [0.2, 0.25) is 0 Å². The summed E-state index contributed by atoms with van der Waals surface area (Å²) in [5, 5.41) is 4.34. The number of nitrogens with one attached hydrogen (secondary N) is 1. The molecule has 4 nitrogen and oxygen atoms in total. The largest absolute Gasteiger partial charge is 0.350 e. The minimum Gasteiger partial charge on any atom is -0.350 e. The van der Waals surface area contributed by atoms with E-state index in [4.69, 9.17) is 0 Å². The first-order chi connectivity index (χ1) is 13.9. The van der Waals surface area contributed by atoms with Crippen molar-refractivity contribution in [2.45, 2.75) is 0 Å². The van der Waals surface area contributed by atoms with E-state index in [2.05, 4.69) is 5.32 Å². The minimum absolute atomic E-state index is 0.0144. The van der Waals surface area contributed by atoms with Gasteiger partial charge in [-0.15, -0.1) is 11.3 Å². The Balaban J connectivity index is 1.80. The van der Waals surface area contributed by atoms with Gasteiger partial charge in [0.05, 0.1) is 11.3 Å². The molecule has 0 saturated carbocycles. The second-order valence-electron chi connectivity index (χ2n) is 6.03. The van der Waals surface area contributed by atoms with Crippen LogP contribution < -0.4 is 10.2 Å². The van der Waals surface area contributed by atoms with Crippen molar-refractivity contribution < 1.29 is 27.2 Å². The smallest absolute Gasteiger partial charge is 0.282 e. The van der Waals surface area contributed by atoms with Crippen LogP contribution in [0.3, 0.4) is 0 Å². The molecule has 146 valence electrons. The molecule has 0 spiro atoms. The Bertz CT molecular complexity index is 1180. The Hall–Kier alpha value is -3.46. The highest BCUT2D eigenvalue weighted by molar-refractivity contribution is 7.11. The first-order valence-electron chi connectivity index (χ1n) is 8.21. The number of thiophene rings is 1. The summed E-state index contributed by atoms with van der Waals surface area (Å²) in [5.74, 6) is -6.15. The van der Waals surface area contributed by atoms with Gasteiger partial charge in [-0.25, -0.2) is 22.5 Å². The van der Waals surface area contributed by atoms with Crippen molar-refractivity contribution in [3.8, 4) is 0 Å². The molecule has 2 heterocycles. The van der Waals surface area contributed by atoms with Crippen LogP contribution in [0, 0.1) is 23.3 Å². The third-order valence-electron chi connectivity index (χ3n) is 4.20. The van der Waals surface area contributed by atoms with Crippen LogP contribution in [0.5, 0.6) is 0 Å². The topological polar surface area (TPSA) is 49.4 Å². The molecule has 1 aliphatic rings. The molecule has 0 unspecified atom stereocenters. The predicted molar refractivity (Wildman–Crippen MR) is 100 cm³/mol. The van der Waals surface area contributed by atoms with Gasteiger partial charge in [-0.3, -0.25) is 9.59 Å². The molecule has 1 aliphatic heterocycles. The lowest BCUT2D eigenvalue weighted by atomic mass is 10.2. The summed E-state index contributed by atoms with van der Waals surface area (Å²) in [7, 11) is 0. The van der Waals surface area contributed by atoms with Crippen LogP contribution >= 0.6 is 11.3 Å². The molecule has 0 radical (unpaired) electrons. The van der Waals surface area contributed by atoms with Gasteiger partial charge in [0.15, 0.2) is 23.3 Å². The predicted octanol–water partition coefficient (Wildman–Crippen LogP) is 4.70. The molecule has 3 aromatic rings. The van der Waals surface area contributed by atoms with Gasteiger partial charge in [0, 0.05) is 22.7 Å². The molecule has 0 saturated heterocycles. The summed E-state index contributed by atoms with van der Waals surface area (Å²) in [6.45, 7) is 0. The van der Waals surface area contributed by atoms with Gasteiger partial charge in [-0.2, -0.15) is 0 Å². The van der Waals surface area contributed by atoms with Crippen molar-refractivity contribution in [3.05, 3.63) is 87.8 Å². The standard InChI is InChI=1S/C20H10F4N2O2S/c21-12-5-3-10(8-14(12)23)25-18-17(16-2-1-7-29-16)19(27)26(20(18)28)11-4-6-13(22)15(24)9-11/h1-9,25H. The maximum atomic E-state index is 13.7. The summed E-state index contributed by atoms with van der Waals surface area (Å²) in [4.78, 5) is 27.1. The molecule has 0 bridgehead atoms. The second-order valence-corrected chi connectivity index (χ2v) is 6.97. The zero-order valence-corrected chi connectivity index (χ0v) is 15.2. The number of nitrogens with zero attached hydrogens (tertiary/aromatic N) is 1. The van der Waals surface area contributed by atoms with Crippen LogP contribution in [-0.4, -0.2) is 11.8 Å². The van der Waals surface area contributed by atoms with Crippen molar-refractivity contribution in [1.82, 2.24) is 0 Å². The molecule has 1 aromatic heterocycles. The van der Waals surface area contributed by atoms with Crippen LogP contribution in [0.4, 0.5) is 28.9 Å². The normalized spacial score (nSPS) is 14.1. The van der Waals surface area contributed by atoms with Crippen molar-refractivity contribution in [2.75, 3.05) is 10.2 Å². The average molecular weight is 418 g/mol. The third kappa shape index (κ3) is 3.29. The van der Waals surface area contributed by atoms with E-state index in [1.165, 1.54) is 17.4 Å². The molecule has 0 fully saturated rings. The number of rotatable bonds is 4. The molecule has 9 heteroatoms. The highest BCUT2D eigenvalue weighted by Crippen LogP contribution is 2.36. The molecule has 0 aliphatic carbocycles. The fourth-order valence-corrected chi connectivity index (χ4v) is 3.64. The van der Waals surface area contributed by atoms with Crippen molar-refractivity contribution in [2.24, 2.45) is 0 Å². The van der Waals surface area contributed by atoms with E-state index >= 15 is 0 Å². The molecular weight excluding hydrogens is 408 g/mol. The molecule has 1 N–H and O–H groups in total. The summed E-state index contributed by atoms with van der Waals surface area (Å²) < 4.78 is 53.7. The Labute approximate surface area is 165 Å². The van der Waals surface area contributed by atoms with E-state index in [0.717, 1.165) is 30.3 Å². The molecular formula is C20H10F4N2O2S. The fourth-order valence-electron chi connectivity index (χ4n) is 2.87. The van der Waals surface area contributed by atoms with Crippen molar-refractivity contribution in [3.63, 3.8) is 0 Å². The van der Waals surface area contributed by atoms with Gasteiger partial charge in [-0.1, -0.05) is 6.07 Å². The van der Waals surface area contributed by atoms with Crippen LogP contribution in [0.15, 0.2) is 59.6 Å². The number of carbonyl (C=O) groups excluding carboxylic acids is 2. The van der Waals surface area contributed by atoms with Gasteiger partial charge < -0.3 is 5.32 Å². The van der Waals surface area contributed by atoms with Crippen molar-refractivity contribution >= 4 is 40.1 Å². The minimum atomic E-state index is -1.22. The highest BCUT2D eigenvalue weighted by atomic mass is 32.1. The Kier molecular flexibility index (Phi) is 4.67. The lowest BCUT2D eigenvalue weighted by Gasteiger charge is -2.15. The number of halogens is 4. The molecule has 0 atom stereocenters. The van der Waals surface area contributed by atoms with E-state index < -0.39 is 35.1 Å². The second kappa shape index (κ2) is 7.17. The number of carbonyl (C=O) groups is 2. The molecule has 2 amide bonds. The summed E-state index contributed by atoms with van der Waals surface area (Å²) >= 11 is 1.18. The van der Waals surface area contributed by atoms with Gasteiger partial charge in [0.25, 0.3) is 11.8 Å². The fraction of sp³-hybridized carbons (Fsp3) is 0. The maximum Gasteiger partial charge on any atom is 0.282 e. The molecule has 29 heavy (non-hydrogen) atoms. The number of amides is 2. The zero-order valence-electron chi connectivity index (χ0n) is 14.4. The zero-order chi connectivity index (χ0) is 20.7.